The van der Waals surface area contributed by atoms with Crippen LogP contribution in [0.25, 0.3) is 0 Å². The summed E-state index contributed by atoms with van der Waals surface area (Å²) in [5.74, 6) is -0.852. The highest BCUT2D eigenvalue weighted by Gasteiger charge is 2.20. The highest BCUT2D eigenvalue weighted by atomic mass is 19.2. The van der Waals surface area contributed by atoms with Gasteiger partial charge in [0.25, 0.3) is 0 Å². The van der Waals surface area contributed by atoms with Crippen molar-refractivity contribution in [2.45, 2.75) is 31.5 Å². The van der Waals surface area contributed by atoms with Gasteiger partial charge in [-0.05, 0) is 55.8 Å². The molecule has 1 atom stereocenters. The van der Waals surface area contributed by atoms with Crippen LogP contribution in [-0.2, 0) is 6.54 Å². The highest BCUT2D eigenvalue weighted by Crippen LogP contribution is 2.16. The van der Waals surface area contributed by atoms with Gasteiger partial charge in [0.2, 0.25) is 0 Å². The molecule has 0 aromatic heterocycles. The van der Waals surface area contributed by atoms with Crippen LogP contribution < -0.4 is 10.1 Å². The number of aliphatic hydroxyl groups is 1. The summed E-state index contributed by atoms with van der Waals surface area (Å²) in [6.07, 6.45) is 1.34. The fraction of sp³-hybridized carbons (Fsp3) is 0.429. The predicted octanol–water partition coefficient (Wildman–Crippen LogP) is 2.96. The summed E-state index contributed by atoms with van der Waals surface area (Å²) < 4.78 is 31.9. The average Bonchev–Trinajstić information content (AvgIpc) is 2.69. The number of halogens is 2. The molecule has 1 unspecified atom stereocenters. The molecule has 0 bridgehead atoms. The van der Waals surface area contributed by atoms with E-state index < -0.39 is 17.7 Å². The number of ether oxygens (including phenoxy) is 1. The maximum atomic E-state index is 13.3. The van der Waals surface area contributed by atoms with Crippen molar-refractivity contribution in [3.63, 3.8) is 0 Å². The quantitative estimate of drug-likeness (QED) is 0.744. The van der Waals surface area contributed by atoms with E-state index in [1.165, 1.54) is 12.1 Å². The number of para-hydroxylation sites is 1. The van der Waals surface area contributed by atoms with E-state index in [1.54, 1.807) is 6.07 Å². The Kier molecular flexibility index (Phi) is 7.15. The molecule has 6 heteroatoms. The highest BCUT2D eigenvalue weighted by molar-refractivity contribution is 5.21. The van der Waals surface area contributed by atoms with E-state index >= 15 is 0 Å². The molecular formula is C21H26F2N2O2. The van der Waals surface area contributed by atoms with E-state index in [0.29, 0.717) is 19.1 Å². The first kappa shape index (κ1) is 19.7. The lowest BCUT2D eigenvalue weighted by molar-refractivity contribution is 0.0979. The van der Waals surface area contributed by atoms with E-state index in [2.05, 4.69) is 10.2 Å². The van der Waals surface area contributed by atoms with Gasteiger partial charge in [-0.2, -0.15) is 0 Å². The van der Waals surface area contributed by atoms with Crippen LogP contribution in [0.1, 0.15) is 18.4 Å². The molecule has 2 aromatic carbocycles. The summed E-state index contributed by atoms with van der Waals surface area (Å²) in [5, 5.41) is 13.5. The van der Waals surface area contributed by atoms with E-state index in [1.807, 2.05) is 30.3 Å². The lowest BCUT2D eigenvalue weighted by Gasteiger charge is -2.33. The lowest BCUT2D eigenvalue weighted by atomic mass is 10.0. The molecule has 4 nitrogen and oxygen atoms in total. The average molecular weight is 376 g/mol. The van der Waals surface area contributed by atoms with Gasteiger partial charge in [-0.1, -0.05) is 24.3 Å². The SMILES string of the molecule is OC(CNC1CCN(Cc2ccc(F)c(F)c2)CC1)COc1ccccc1. The Balaban J connectivity index is 1.33. The van der Waals surface area contributed by atoms with Gasteiger partial charge in [-0.15, -0.1) is 0 Å². The number of nitrogens with one attached hydrogen (secondary N) is 1. The minimum absolute atomic E-state index is 0.256. The second-order valence-corrected chi connectivity index (χ2v) is 6.99. The molecule has 0 spiro atoms. The Labute approximate surface area is 158 Å². The summed E-state index contributed by atoms with van der Waals surface area (Å²) in [5.41, 5.74) is 0.786. The maximum Gasteiger partial charge on any atom is 0.159 e. The zero-order valence-electron chi connectivity index (χ0n) is 15.3. The number of rotatable bonds is 8. The van der Waals surface area contributed by atoms with Crippen molar-refractivity contribution < 1.29 is 18.6 Å². The molecule has 0 aliphatic carbocycles. The zero-order valence-corrected chi connectivity index (χ0v) is 15.3. The molecule has 1 aliphatic rings. The minimum Gasteiger partial charge on any atom is -0.491 e. The minimum atomic E-state index is -0.809. The van der Waals surface area contributed by atoms with Crippen LogP contribution in [0, 0.1) is 11.6 Å². The Hall–Kier alpha value is -2.02. The number of likely N-dealkylation sites (tertiary alicyclic amines) is 1. The smallest absolute Gasteiger partial charge is 0.159 e. The van der Waals surface area contributed by atoms with Crippen LogP contribution in [0.15, 0.2) is 48.5 Å². The Morgan fingerprint density at radius 2 is 1.81 bits per heavy atom. The van der Waals surface area contributed by atoms with Gasteiger partial charge in [0, 0.05) is 19.1 Å². The lowest BCUT2D eigenvalue weighted by Crippen LogP contribution is -2.45. The second kappa shape index (κ2) is 9.78. The monoisotopic (exact) mass is 376 g/mol. The topological polar surface area (TPSA) is 44.7 Å². The van der Waals surface area contributed by atoms with E-state index in [9.17, 15) is 13.9 Å². The first-order valence-electron chi connectivity index (χ1n) is 9.36. The van der Waals surface area contributed by atoms with Gasteiger partial charge >= 0.3 is 0 Å². The predicted molar refractivity (Wildman–Crippen MR) is 101 cm³/mol. The summed E-state index contributed by atoms with van der Waals surface area (Å²) >= 11 is 0. The molecule has 0 saturated carbocycles. The second-order valence-electron chi connectivity index (χ2n) is 6.99. The van der Waals surface area contributed by atoms with Crippen LogP contribution in [-0.4, -0.2) is 48.4 Å². The van der Waals surface area contributed by atoms with Crippen molar-refractivity contribution in [1.82, 2.24) is 10.2 Å². The van der Waals surface area contributed by atoms with Crippen LogP contribution in [0.2, 0.25) is 0 Å². The molecule has 27 heavy (non-hydrogen) atoms. The van der Waals surface area contributed by atoms with Crippen molar-refractivity contribution in [1.29, 1.82) is 0 Å². The number of benzene rings is 2. The van der Waals surface area contributed by atoms with E-state index in [0.717, 1.165) is 37.2 Å². The standard InChI is InChI=1S/C21H26F2N2O2/c22-20-7-6-16(12-21(20)23)14-25-10-8-17(9-11-25)24-13-18(26)15-27-19-4-2-1-3-5-19/h1-7,12,17-18,24,26H,8-11,13-15H2. The molecule has 146 valence electrons. The number of hydrogen-bond donors (Lipinski definition) is 2. The van der Waals surface area contributed by atoms with Gasteiger partial charge in [0.1, 0.15) is 18.5 Å². The Bertz CT molecular complexity index is 707. The molecule has 1 aliphatic heterocycles. The van der Waals surface area contributed by atoms with E-state index in [4.69, 9.17) is 4.74 Å². The van der Waals surface area contributed by atoms with Gasteiger partial charge in [0.05, 0.1) is 0 Å². The first-order valence-corrected chi connectivity index (χ1v) is 9.36. The summed E-state index contributed by atoms with van der Waals surface area (Å²) in [6.45, 7) is 3.13. The number of hydrogen-bond acceptors (Lipinski definition) is 4. The zero-order chi connectivity index (χ0) is 19.1. The Morgan fingerprint density at radius 3 is 2.52 bits per heavy atom. The van der Waals surface area contributed by atoms with Crippen molar-refractivity contribution in [3.8, 4) is 5.75 Å². The van der Waals surface area contributed by atoms with Crippen LogP contribution >= 0.6 is 0 Å². The summed E-state index contributed by atoms with van der Waals surface area (Å²) in [4.78, 5) is 2.24. The van der Waals surface area contributed by atoms with E-state index in [-0.39, 0.29) is 6.61 Å². The maximum absolute atomic E-state index is 13.3. The van der Waals surface area contributed by atoms with Crippen LogP contribution in [0.4, 0.5) is 8.78 Å². The molecule has 0 radical (unpaired) electrons. The van der Waals surface area contributed by atoms with Crippen molar-refractivity contribution >= 4 is 0 Å². The molecule has 0 amide bonds. The fourth-order valence-corrected chi connectivity index (χ4v) is 3.26. The van der Waals surface area contributed by atoms with Crippen molar-refractivity contribution in [3.05, 3.63) is 65.7 Å². The third kappa shape index (κ3) is 6.27. The Morgan fingerprint density at radius 1 is 1.07 bits per heavy atom. The van der Waals surface area contributed by atoms with Gasteiger partial charge in [0.15, 0.2) is 11.6 Å². The number of nitrogens with zero attached hydrogens (tertiary/aromatic N) is 1. The third-order valence-corrected chi connectivity index (χ3v) is 4.81. The molecule has 2 N–H and O–H groups in total. The largest absolute Gasteiger partial charge is 0.491 e. The number of piperidine rings is 1. The fourth-order valence-electron chi connectivity index (χ4n) is 3.26. The molecule has 1 fully saturated rings. The van der Waals surface area contributed by atoms with Crippen molar-refractivity contribution in [2.75, 3.05) is 26.2 Å². The third-order valence-electron chi connectivity index (χ3n) is 4.81. The first-order chi connectivity index (χ1) is 13.1. The molecule has 3 rings (SSSR count). The van der Waals surface area contributed by atoms with Gasteiger partial charge < -0.3 is 15.2 Å². The summed E-state index contributed by atoms with van der Waals surface area (Å²) in [6, 6.07) is 13.9. The molecule has 2 aromatic rings. The molecule has 1 heterocycles. The molecule has 1 saturated heterocycles. The normalized spacial score (nSPS) is 17.0. The van der Waals surface area contributed by atoms with Gasteiger partial charge in [-0.3, -0.25) is 4.90 Å². The molecular weight excluding hydrogens is 350 g/mol. The van der Waals surface area contributed by atoms with Crippen LogP contribution in [0.5, 0.6) is 5.75 Å². The summed E-state index contributed by atoms with van der Waals surface area (Å²) in [7, 11) is 0. The van der Waals surface area contributed by atoms with Gasteiger partial charge in [-0.25, -0.2) is 8.78 Å². The van der Waals surface area contributed by atoms with Crippen molar-refractivity contribution in [2.24, 2.45) is 0 Å². The number of aliphatic hydroxyl groups excluding tert-OH is 1. The van der Waals surface area contributed by atoms with Crippen LogP contribution in [0.3, 0.4) is 0 Å².